The van der Waals surface area contributed by atoms with E-state index in [1.54, 1.807) is 13.2 Å². The summed E-state index contributed by atoms with van der Waals surface area (Å²) in [5.74, 6) is 0.145. The lowest BCUT2D eigenvalue weighted by molar-refractivity contribution is 0.0659. The van der Waals surface area contributed by atoms with Crippen molar-refractivity contribution in [2.75, 3.05) is 20.2 Å². The van der Waals surface area contributed by atoms with Crippen LogP contribution in [0.15, 0.2) is 24.3 Å². The fourth-order valence-electron chi connectivity index (χ4n) is 3.44. The second-order valence-corrected chi connectivity index (χ2v) is 5.95. The molecule has 0 saturated carbocycles. The standard InChI is InChI=1S/C18H17N3O3.ClH/c1-9-7-12-15(18(23)21(6-5-19)17(12)22)14-11-8-10(24-2)3-4-13(11)20-16(9)14;/h3-4,7-8,20H,5-6,19H2,1-2H3;1H. The normalized spacial score (nSPS) is 13.5. The molecule has 1 aliphatic rings. The second-order valence-electron chi connectivity index (χ2n) is 5.95. The van der Waals surface area contributed by atoms with Crippen LogP contribution in [0.1, 0.15) is 26.3 Å². The summed E-state index contributed by atoms with van der Waals surface area (Å²) < 4.78 is 5.31. The molecule has 0 bridgehead atoms. The molecule has 0 saturated heterocycles. The summed E-state index contributed by atoms with van der Waals surface area (Å²) in [6.07, 6.45) is 0. The number of amides is 2. The van der Waals surface area contributed by atoms with Gasteiger partial charge >= 0.3 is 0 Å². The Kier molecular flexibility index (Phi) is 4.18. The highest BCUT2D eigenvalue weighted by atomic mass is 35.5. The Morgan fingerprint density at radius 2 is 1.96 bits per heavy atom. The van der Waals surface area contributed by atoms with Crippen molar-refractivity contribution in [3.63, 3.8) is 0 Å². The van der Waals surface area contributed by atoms with E-state index in [1.807, 2.05) is 25.1 Å². The zero-order valence-electron chi connectivity index (χ0n) is 13.9. The van der Waals surface area contributed by atoms with Gasteiger partial charge in [0, 0.05) is 29.4 Å². The molecule has 0 aliphatic carbocycles. The van der Waals surface area contributed by atoms with Gasteiger partial charge < -0.3 is 15.5 Å². The van der Waals surface area contributed by atoms with Crippen molar-refractivity contribution >= 4 is 46.0 Å². The first-order chi connectivity index (χ1) is 11.6. The molecule has 7 heteroatoms. The van der Waals surface area contributed by atoms with Gasteiger partial charge in [0.25, 0.3) is 11.8 Å². The Morgan fingerprint density at radius 3 is 2.64 bits per heavy atom. The van der Waals surface area contributed by atoms with Crippen molar-refractivity contribution in [2.24, 2.45) is 5.73 Å². The number of methoxy groups -OCH3 is 1. The van der Waals surface area contributed by atoms with Gasteiger partial charge in [-0.15, -0.1) is 12.4 Å². The molecule has 4 rings (SSSR count). The summed E-state index contributed by atoms with van der Waals surface area (Å²) in [6, 6.07) is 7.44. The number of fused-ring (bicyclic) bond motifs is 5. The number of imide groups is 1. The molecule has 0 fully saturated rings. The molecule has 2 heterocycles. The van der Waals surface area contributed by atoms with Gasteiger partial charge in [-0.25, -0.2) is 0 Å². The van der Waals surface area contributed by atoms with E-state index >= 15 is 0 Å². The number of hydrogen-bond acceptors (Lipinski definition) is 4. The molecule has 2 amide bonds. The topological polar surface area (TPSA) is 88.4 Å². The van der Waals surface area contributed by atoms with Gasteiger partial charge in [0.15, 0.2) is 0 Å². The van der Waals surface area contributed by atoms with Crippen LogP contribution in [0, 0.1) is 6.92 Å². The average Bonchev–Trinajstić information content (AvgIpc) is 3.06. The number of aromatic amines is 1. The number of halogens is 1. The SMILES string of the molecule is COc1ccc2[nH]c3c(C)cc4c(c3c2c1)C(=O)N(CCN)C4=O.Cl. The van der Waals surface area contributed by atoms with E-state index in [-0.39, 0.29) is 37.3 Å². The van der Waals surface area contributed by atoms with Crippen molar-refractivity contribution in [1.29, 1.82) is 0 Å². The number of ether oxygens (including phenoxy) is 1. The Balaban J connectivity index is 0.00000182. The summed E-state index contributed by atoms with van der Waals surface area (Å²) in [7, 11) is 1.60. The minimum absolute atomic E-state index is 0. The van der Waals surface area contributed by atoms with Crippen LogP contribution in [0.5, 0.6) is 5.75 Å². The molecule has 25 heavy (non-hydrogen) atoms. The van der Waals surface area contributed by atoms with Gasteiger partial charge in [0.2, 0.25) is 0 Å². The third-order valence-electron chi connectivity index (χ3n) is 4.57. The molecule has 130 valence electrons. The molecule has 3 aromatic rings. The van der Waals surface area contributed by atoms with E-state index in [2.05, 4.69) is 4.98 Å². The van der Waals surface area contributed by atoms with Gasteiger partial charge in [-0.2, -0.15) is 0 Å². The average molecular weight is 360 g/mol. The molecular formula is C18H18ClN3O3. The molecule has 1 aromatic heterocycles. The third-order valence-corrected chi connectivity index (χ3v) is 4.57. The lowest BCUT2D eigenvalue weighted by atomic mass is 9.99. The van der Waals surface area contributed by atoms with Crippen LogP contribution in [-0.4, -0.2) is 41.9 Å². The van der Waals surface area contributed by atoms with Crippen molar-refractivity contribution in [3.05, 3.63) is 41.0 Å². The van der Waals surface area contributed by atoms with E-state index in [0.717, 1.165) is 27.4 Å². The first-order valence-electron chi connectivity index (χ1n) is 7.76. The number of nitrogens with one attached hydrogen (secondary N) is 1. The van der Waals surface area contributed by atoms with Crippen LogP contribution in [0.25, 0.3) is 21.8 Å². The fourth-order valence-corrected chi connectivity index (χ4v) is 3.44. The van der Waals surface area contributed by atoms with Crippen LogP contribution >= 0.6 is 12.4 Å². The van der Waals surface area contributed by atoms with Gasteiger partial charge in [-0.3, -0.25) is 14.5 Å². The van der Waals surface area contributed by atoms with Gasteiger partial charge in [0.05, 0.1) is 23.8 Å². The molecule has 3 N–H and O–H groups in total. The minimum Gasteiger partial charge on any atom is -0.497 e. The Bertz CT molecular complexity index is 1030. The molecule has 2 aromatic carbocycles. The van der Waals surface area contributed by atoms with Crippen molar-refractivity contribution < 1.29 is 14.3 Å². The largest absolute Gasteiger partial charge is 0.497 e. The quantitative estimate of drug-likeness (QED) is 0.703. The first-order valence-corrected chi connectivity index (χ1v) is 7.76. The maximum Gasteiger partial charge on any atom is 0.262 e. The first kappa shape index (κ1) is 17.3. The number of carbonyl (C=O) groups is 2. The second kappa shape index (κ2) is 6.06. The molecule has 1 aliphatic heterocycles. The third kappa shape index (κ3) is 2.29. The highest BCUT2D eigenvalue weighted by molar-refractivity contribution is 6.30. The predicted molar refractivity (Wildman–Crippen MR) is 98.8 cm³/mol. The summed E-state index contributed by atoms with van der Waals surface area (Å²) in [5.41, 5.74) is 9.15. The van der Waals surface area contributed by atoms with E-state index in [1.165, 1.54) is 4.90 Å². The molecular weight excluding hydrogens is 342 g/mol. The summed E-state index contributed by atoms with van der Waals surface area (Å²) in [5, 5.41) is 1.65. The highest BCUT2D eigenvalue weighted by Gasteiger charge is 2.37. The summed E-state index contributed by atoms with van der Waals surface area (Å²) >= 11 is 0. The summed E-state index contributed by atoms with van der Waals surface area (Å²) in [6.45, 7) is 2.40. The summed E-state index contributed by atoms with van der Waals surface area (Å²) in [4.78, 5) is 30.0. The maximum absolute atomic E-state index is 12.8. The van der Waals surface area contributed by atoms with Crippen molar-refractivity contribution in [1.82, 2.24) is 9.88 Å². The Morgan fingerprint density at radius 1 is 1.20 bits per heavy atom. The number of aromatic nitrogens is 1. The smallest absolute Gasteiger partial charge is 0.262 e. The van der Waals surface area contributed by atoms with E-state index in [0.29, 0.717) is 16.9 Å². The van der Waals surface area contributed by atoms with Crippen LogP contribution in [0.4, 0.5) is 0 Å². The van der Waals surface area contributed by atoms with Gasteiger partial charge in [0.1, 0.15) is 5.75 Å². The number of rotatable bonds is 3. The monoisotopic (exact) mass is 359 g/mol. The Hall–Kier alpha value is -2.57. The predicted octanol–water partition coefficient (Wildman–Crippen LogP) is 2.61. The molecule has 0 unspecified atom stereocenters. The number of hydrogen-bond donors (Lipinski definition) is 2. The van der Waals surface area contributed by atoms with Gasteiger partial charge in [-0.05, 0) is 36.8 Å². The van der Waals surface area contributed by atoms with Crippen LogP contribution in [0.2, 0.25) is 0 Å². The van der Waals surface area contributed by atoms with Crippen LogP contribution in [-0.2, 0) is 0 Å². The van der Waals surface area contributed by atoms with Crippen LogP contribution < -0.4 is 10.5 Å². The number of aryl methyl sites for hydroxylation is 1. The molecule has 0 atom stereocenters. The zero-order chi connectivity index (χ0) is 17.0. The zero-order valence-corrected chi connectivity index (χ0v) is 14.7. The van der Waals surface area contributed by atoms with Crippen molar-refractivity contribution in [2.45, 2.75) is 6.92 Å². The van der Waals surface area contributed by atoms with E-state index < -0.39 is 0 Å². The maximum atomic E-state index is 12.8. The Labute approximate surface area is 150 Å². The lowest BCUT2D eigenvalue weighted by Crippen LogP contribution is -2.34. The minimum atomic E-state index is -0.283. The van der Waals surface area contributed by atoms with Crippen molar-refractivity contribution in [3.8, 4) is 5.75 Å². The molecule has 0 radical (unpaired) electrons. The number of nitrogens with zero attached hydrogens (tertiary/aromatic N) is 1. The lowest BCUT2D eigenvalue weighted by Gasteiger charge is -2.11. The molecule has 0 spiro atoms. The number of carbonyl (C=O) groups excluding carboxylic acids is 2. The van der Waals surface area contributed by atoms with Crippen LogP contribution in [0.3, 0.4) is 0 Å². The number of H-pyrrole nitrogens is 1. The van der Waals surface area contributed by atoms with Gasteiger partial charge in [-0.1, -0.05) is 0 Å². The van der Waals surface area contributed by atoms with E-state index in [9.17, 15) is 9.59 Å². The molecule has 6 nitrogen and oxygen atoms in total. The van der Waals surface area contributed by atoms with E-state index in [4.69, 9.17) is 10.5 Å². The highest BCUT2D eigenvalue weighted by Crippen LogP contribution is 2.38. The number of benzene rings is 2. The number of nitrogens with two attached hydrogens (primary N) is 1. The fraction of sp³-hybridized carbons (Fsp3) is 0.222.